The third-order valence-corrected chi connectivity index (χ3v) is 3.24. The molecule has 0 amide bonds. The predicted octanol–water partition coefficient (Wildman–Crippen LogP) is 3.82. The molecule has 0 saturated heterocycles. The highest BCUT2D eigenvalue weighted by Gasteiger charge is 2.05. The van der Waals surface area contributed by atoms with Crippen LogP contribution in [0.15, 0.2) is 42.5 Å². The van der Waals surface area contributed by atoms with Gasteiger partial charge < -0.3 is 19.3 Å². The van der Waals surface area contributed by atoms with Crippen molar-refractivity contribution in [2.24, 2.45) is 0 Å². The van der Waals surface area contributed by atoms with E-state index in [0.29, 0.717) is 40.5 Å². The van der Waals surface area contributed by atoms with Crippen molar-refractivity contribution in [3.8, 4) is 17.2 Å². The lowest BCUT2D eigenvalue weighted by Crippen LogP contribution is -2.10. The van der Waals surface area contributed by atoms with Crippen LogP contribution in [0.2, 0.25) is 10.0 Å². The number of halogens is 2. The zero-order valence-corrected chi connectivity index (χ0v) is 13.3. The van der Waals surface area contributed by atoms with Crippen molar-refractivity contribution in [2.75, 3.05) is 26.4 Å². The molecule has 0 spiro atoms. The molecule has 2 aromatic carbocycles. The molecule has 4 nitrogen and oxygen atoms in total. The molecule has 1 N–H and O–H groups in total. The normalized spacial score (nSPS) is 10.3. The van der Waals surface area contributed by atoms with Crippen molar-refractivity contribution < 1.29 is 19.3 Å². The summed E-state index contributed by atoms with van der Waals surface area (Å²) in [6, 6.07) is 12.3. The van der Waals surface area contributed by atoms with E-state index in [9.17, 15) is 0 Å². The summed E-state index contributed by atoms with van der Waals surface area (Å²) >= 11 is 11.9. The lowest BCUT2D eigenvalue weighted by molar-refractivity contribution is 0.184. The second kappa shape index (κ2) is 8.73. The fraction of sp³-hybridized carbons (Fsp3) is 0.250. The van der Waals surface area contributed by atoms with Gasteiger partial charge in [-0.2, -0.15) is 0 Å². The summed E-state index contributed by atoms with van der Waals surface area (Å²) in [5.41, 5.74) is 0. The van der Waals surface area contributed by atoms with Crippen LogP contribution in [0.25, 0.3) is 0 Å². The van der Waals surface area contributed by atoms with E-state index in [1.165, 1.54) is 0 Å². The first-order chi connectivity index (χ1) is 10.7. The van der Waals surface area contributed by atoms with Gasteiger partial charge in [0.25, 0.3) is 0 Å². The van der Waals surface area contributed by atoms with E-state index in [2.05, 4.69) is 0 Å². The first-order valence-electron chi connectivity index (χ1n) is 6.74. The molecule has 0 atom stereocenters. The smallest absolute Gasteiger partial charge is 0.161 e. The fourth-order valence-electron chi connectivity index (χ4n) is 1.74. The fourth-order valence-corrected chi connectivity index (χ4v) is 2.07. The number of hydrogen-bond donors (Lipinski definition) is 1. The van der Waals surface area contributed by atoms with Crippen LogP contribution in [0.3, 0.4) is 0 Å². The molecule has 0 heterocycles. The van der Waals surface area contributed by atoms with Crippen LogP contribution in [-0.2, 0) is 0 Å². The summed E-state index contributed by atoms with van der Waals surface area (Å²) in [7, 11) is 0. The Kier molecular flexibility index (Phi) is 6.65. The molecule has 0 aliphatic rings. The van der Waals surface area contributed by atoms with Crippen LogP contribution in [0.4, 0.5) is 0 Å². The minimum absolute atomic E-state index is 0.0509. The van der Waals surface area contributed by atoms with E-state index in [4.69, 9.17) is 42.5 Å². The molecular formula is C16H16Cl2O4. The zero-order valence-electron chi connectivity index (χ0n) is 11.8. The van der Waals surface area contributed by atoms with Gasteiger partial charge in [0.05, 0.1) is 11.6 Å². The number of hydrogen-bond acceptors (Lipinski definition) is 4. The third kappa shape index (κ3) is 4.98. The Labute approximate surface area is 139 Å². The van der Waals surface area contributed by atoms with Crippen LogP contribution < -0.4 is 14.2 Å². The number of ether oxygens (including phenoxy) is 3. The van der Waals surface area contributed by atoms with Gasteiger partial charge in [0, 0.05) is 11.1 Å². The van der Waals surface area contributed by atoms with Crippen molar-refractivity contribution >= 4 is 23.2 Å². The van der Waals surface area contributed by atoms with Crippen LogP contribution in [0, 0.1) is 0 Å². The molecule has 0 fully saturated rings. The van der Waals surface area contributed by atoms with Gasteiger partial charge in [0.15, 0.2) is 11.5 Å². The molecule has 22 heavy (non-hydrogen) atoms. The summed E-state index contributed by atoms with van der Waals surface area (Å²) in [5, 5.41) is 9.85. The van der Waals surface area contributed by atoms with Crippen LogP contribution in [-0.4, -0.2) is 31.5 Å². The molecule has 0 aromatic heterocycles. The van der Waals surface area contributed by atoms with E-state index >= 15 is 0 Å². The van der Waals surface area contributed by atoms with Gasteiger partial charge in [0.1, 0.15) is 25.6 Å². The van der Waals surface area contributed by atoms with Gasteiger partial charge in [-0.05, 0) is 24.3 Å². The van der Waals surface area contributed by atoms with E-state index in [1.54, 1.807) is 30.3 Å². The average Bonchev–Trinajstić information content (AvgIpc) is 2.53. The van der Waals surface area contributed by atoms with E-state index in [1.807, 2.05) is 12.1 Å². The first-order valence-corrected chi connectivity index (χ1v) is 7.49. The van der Waals surface area contributed by atoms with Crippen molar-refractivity contribution in [3.63, 3.8) is 0 Å². The molecule has 0 saturated carbocycles. The second-order valence-corrected chi connectivity index (χ2v) is 5.13. The number of benzene rings is 2. The van der Waals surface area contributed by atoms with E-state index in [-0.39, 0.29) is 13.2 Å². The van der Waals surface area contributed by atoms with Gasteiger partial charge in [0.2, 0.25) is 0 Å². The Bertz CT molecular complexity index is 604. The highest BCUT2D eigenvalue weighted by atomic mass is 35.5. The minimum Gasteiger partial charge on any atom is -0.488 e. The number of aliphatic hydroxyl groups is 1. The Balaban J connectivity index is 1.85. The molecule has 0 aliphatic heterocycles. The Morgan fingerprint density at radius 3 is 2.00 bits per heavy atom. The highest BCUT2D eigenvalue weighted by Crippen LogP contribution is 2.28. The lowest BCUT2D eigenvalue weighted by atomic mass is 10.3. The molecule has 2 aromatic rings. The van der Waals surface area contributed by atoms with E-state index < -0.39 is 0 Å². The molecule has 0 bridgehead atoms. The maximum absolute atomic E-state index is 8.80. The van der Waals surface area contributed by atoms with Crippen molar-refractivity contribution in [3.05, 3.63) is 52.5 Å². The second-order valence-electron chi connectivity index (χ2n) is 4.29. The van der Waals surface area contributed by atoms with Crippen molar-refractivity contribution in [1.82, 2.24) is 0 Å². The number of para-hydroxylation sites is 2. The van der Waals surface area contributed by atoms with Gasteiger partial charge in [-0.3, -0.25) is 0 Å². The summed E-state index contributed by atoms with van der Waals surface area (Å²) in [6.07, 6.45) is 0. The SMILES string of the molecule is OCCOc1ccccc1OCCOc1cc(Cl)ccc1Cl. The van der Waals surface area contributed by atoms with Gasteiger partial charge >= 0.3 is 0 Å². The highest BCUT2D eigenvalue weighted by molar-refractivity contribution is 6.34. The van der Waals surface area contributed by atoms with Crippen LogP contribution in [0.1, 0.15) is 0 Å². The minimum atomic E-state index is -0.0509. The molecular weight excluding hydrogens is 327 g/mol. The van der Waals surface area contributed by atoms with E-state index in [0.717, 1.165) is 0 Å². The van der Waals surface area contributed by atoms with Crippen LogP contribution in [0.5, 0.6) is 17.2 Å². The summed E-state index contributed by atoms with van der Waals surface area (Å²) in [4.78, 5) is 0. The molecule has 0 unspecified atom stereocenters. The maximum Gasteiger partial charge on any atom is 0.161 e. The molecule has 0 radical (unpaired) electrons. The summed E-state index contributed by atoms with van der Waals surface area (Å²) in [5.74, 6) is 1.69. The Morgan fingerprint density at radius 1 is 0.773 bits per heavy atom. The van der Waals surface area contributed by atoms with Gasteiger partial charge in [-0.1, -0.05) is 35.3 Å². The third-order valence-electron chi connectivity index (χ3n) is 2.69. The number of rotatable bonds is 8. The number of aliphatic hydroxyl groups excluding tert-OH is 1. The van der Waals surface area contributed by atoms with Crippen molar-refractivity contribution in [2.45, 2.75) is 0 Å². The molecule has 118 valence electrons. The monoisotopic (exact) mass is 342 g/mol. The molecule has 6 heteroatoms. The summed E-state index contributed by atoms with van der Waals surface area (Å²) in [6.45, 7) is 0.802. The standard InChI is InChI=1S/C16H16Cl2O4/c17-12-5-6-13(18)16(11-12)22-10-9-21-15-4-2-1-3-14(15)20-8-7-19/h1-6,11,19H,7-10H2. The summed E-state index contributed by atoms with van der Waals surface area (Å²) < 4.78 is 16.5. The maximum atomic E-state index is 8.80. The quantitative estimate of drug-likeness (QED) is 0.741. The van der Waals surface area contributed by atoms with Crippen LogP contribution >= 0.6 is 23.2 Å². The Hall–Kier alpha value is -1.62. The lowest BCUT2D eigenvalue weighted by Gasteiger charge is -2.13. The topological polar surface area (TPSA) is 47.9 Å². The predicted molar refractivity (Wildman–Crippen MR) is 86.5 cm³/mol. The van der Waals surface area contributed by atoms with Gasteiger partial charge in [-0.15, -0.1) is 0 Å². The molecule has 2 rings (SSSR count). The molecule has 0 aliphatic carbocycles. The first kappa shape index (κ1) is 16.7. The Morgan fingerprint density at radius 2 is 1.36 bits per heavy atom. The van der Waals surface area contributed by atoms with Crippen molar-refractivity contribution in [1.29, 1.82) is 0 Å². The largest absolute Gasteiger partial charge is 0.488 e. The average molecular weight is 343 g/mol. The van der Waals surface area contributed by atoms with Gasteiger partial charge in [-0.25, -0.2) is 0 Å². The zero-order chi connectivity index (χ0) is 15.8.